The molecule has 8 heteroatoms. The van der Waals surface area contributed by atoms with Crippen molar-refractivity contribution in [2.75, 3.05) is 11.6 Å². The molecule has 0 atom stereocenters. The number of carbonyl (C=O) groups is 1. The van der Waals surface area contributed by atoms with E-state index in [0.29, 0.717) is 17.2 Å². The third-order valence-electron chi connectivity index (χ3n) is 3.84. The highest BCUT2D eigenvalue weighted by Gasteiger charge is 2.12. The number of sulfone groups is 1. The molecule has 1 aromatic heterocycles. The molecule has 26 heavy (non-hydrogen) atoms. The van der Waals surface area contributed by atoms with Gasteiger partial charge in [-0.3, -0.25) is 4.79 Å². The number of anilines is 1. The van der Waals surface area contributed by atoms with Crippen LogP contribution in [-0.2, 0) is 9.84 Å². The SMILES string of the molecule is Cc1nccn1-c1ccc(NC(=O)c2ccc(S(C)(=O)=O)cc2)cc1F. The Morgan fingerprint density at radius 2 is 1.85 bits per heavy atom. The molecule has 0 radical (unpaired) electrons. The number of nitrogens with one attached hydrogen (secondary N) is 1. The second-order valence-electron chi connectivity index (χ2n) is 5.76. The van der Waals surface area contributed by atoms with Crippen molar-refractivity contribution < 1.29 is 17.6 Å². The maximum absolute atomic E-state index is 14.4. The summed E-state index contributed by atoms with van der Waals surface area (Å²) in [6.45, 7) is 1.76. The van der Waals surface area contributed by atoms with Crippen LogP contribution in [-0.4, -0.2) is 30.1 Å². The van der Waals surface area contributed by atoms with Crippen molar-refractivity contribution in [1.82, 2.24) is 9.55 Å². The molecule has 1 heterocycles. The average Bonchev–Trinajstić information content (AvgIpc) is 3.00. The first-order chi connectivity index (χ1) is 12.3. The van der Waals surface area contributed by atoms with Gasteiger partial charge in [0.25, 0.3) is 5.91 Å². The van der Waals surface area contributed by atoms with Crippen molar-refractivity contribution >= 4 is 21.4 Å². The van der Waals surface area contributed by atoms with Gasteiger partial charge in [-0.25, -0.2) is 17.8 Å². The van der Waals surface area contributed by atoms with Gasteiger partial charge in [0.15, 0.2) is 9.84 Å². The number of benzene rings is 2. The van der Waals surface area contributed by atoms with Crippen molar-refractivity contribution in [3.05, 3.63) is 72.1 Å². The number of aromatic nitrogens is 2. The molecule has 3 rings (SSSR count). The van der Waals surface area contributed by atoms with Gasteiger partial charge < -0.3 is 9.88 Å². The lowest BCUT2D eigenvalue weighted by Gasteiger charge is -2.10. The lowest BCUT2D eigenvalue weighted by atomic mass is 10.2. The van der Waals surface area contributed by atoms with E-state index in [1.54, 1.807) is 36.0 Å². The van der Waals surface area contributed by atoms with Crippen molar-refractivity contribution in [2.24, 2.45) is 0 Å². The van der Waals surface area contributed by atoms with Crippen LogP contribution in [0.3, 0.4) is 0 Å². The first-order valence-electron chi connectivity index (χ1n) is 7.67. The van der Waals surface area contributed by atoms with Gasteiger partial charge in [-0.2, -0.15) is 0 Å². The highest BCUT2D eigenvalue weighted by Crippen LogP contribution is 2.20. The molecule has 2 aromatic carbocycles. The minimum atomic E-state index is -3.33. The Labute approximate surface area is 150 Å². The zero-order valence-corrected chi connectivity index (χ0v) is 14.9. The van der Waals surface area contributed by atoms with Crippen LogP contribution < -0.4 is 5.32 Å². The molecule has 0 unspecified atom stereocenters. The fourth-order valence-electron chi connectivity index (χ4n) is 2.47. The second-order valence-corrected chi connectivity index (χ2v) is 7.78. The number of amides is 1. The largest absolute Gasteiger partial charge is 0.322 e. The third-order valence-corrected chi connectivity index (χ3v) is 4.96. The fraction of sp³-hybridized carbons (Fsp3) is 0.111. The van der Waals surface area contributed by atoms with Crippen LogP contribution >= 0.6 is 0 Å². The summed E-state index contributed by atoms with van der Waals surface area (Å²) < 4.78 is 38.9. The second kappa shape index (κ2) is 6.72. The van der Waals surface area contributed by atoms with Crippen LogP contribution in [0.2, 0.25) is 0 Å². The maximum atomic E-state index is 14.4. The Balaban J connectivity index is 1.80. The van der Waals surface area contributed by atoms with Gasteiger partial charge in [0, 0.05) is 29.9 Å². The molecule has 0 saturated heterocycles. The standard InChI is InChI=1S/C18H16FN3O3S/c1-12-20-9-10-22(12)17-8-5-14(11-16(17)19)21-18(23)13-3-6-15(7-4-13)26(2,24)25/h3-11H,1-2H3,(H,21,23). The van der Waals surface area contributed by atoms with Crippen LogP contribution in [0.1, 0.15) is 16.2 Å². The predicted octanol–water partition coefficient (Wildman–Crippen LogP) is 2.98. The van der Waals surface area contributed by atoms with Gasteiger partial charge in [0.1, 0.15) is 11.6 Å². The number of halogens is 1. The summed E-state index contributed by atoms with van der Waals surface area (Å²) >= 11 is 0. The molecule has 1 N–H and O–H groups in total. The number of nitrogens with zero attached hydrogens (tertiary/aromatic N) is 2. The highest BCUT2D eigenvalue weighted by atomic mass is 32.2. The summed E-state index contributed by atoms with van der Waals surface area (Å²) in [4.78, 5) is 16.4. The summed E-state index contributed by atoms with van der Waals surface area (Å²) in [7, 11) is -3.33. The van der Waals surface area contributed by atoms with Crippen LogP contribution in [0.25, 0.3) is 5.69 Å². The molecule has 6 nitrogen and oxygen atoms in total. The van der Waals surface area contributed by atoms with Crippen molar-refractivity contribution in [2.45, 2.75) is 11.8 Å². The Morgan fingerprint density at radius 1 is 1.15 bits per heavy atom. The fourth-order valence-corrected chi connectivity index (χ4v) is 3.10. The summed E-state index contributed by atoms with van der Waals surface area (Å²) in [5.74, 6) is -0.320. The molecular formula is C18H16FN3O3S. The molecule has 1 amide bonds. The predicted molar refractivity (Wildman–Crippen MR) is 95.8 cm³/mol. The van der Waals surface area contributed by atoms with Crippen LogP contribution in [0, 0.1) is 12.7 Å². The van der Waals surface area contributed by atoms with Gasteiger partial charge in [0.05, 0.1) is 10.6 Å². The number of rotatable bonds is 4. The van der Waals surface area contributed by atoms with Crippen molar-refractivity contribution in [3.63, 3.8) is 0 Å². The van der Waals surface area contributed by atoms with E-state index in [9.17, 15) is 17.6 Å². The molecule has 0 aliphatic heterocycles. The van der Waals surface area contributed by atoms with E-state index in [4.69, 9.17) is 0 Å². The molecule has 0 spiro atoms. The summed E-state index contributed by atoms with van der Waals surface area (Å²) in [6.07, 6.45) is 4.31. The van der Waals surface area contributed by atoms with Gasteiger partial charge in [-0.1, -0.05) is 0 Å². The quantitative estimate of drug-likeness (QED) is 0.762. The van der Waals surface area contributed by atoms with Crippen molar-refractivity contribution in [1.29, 1.82) is 0 Å². The molecule has 0 fully saturated rings. The van der Waals surface area contributed by atoms with E-state index >= 15 is 0 Å². The Kier molecular flexibility index (Phi) is 4.60. The molecule has 0 aliphatic carbocycles. The zero-order chi connectivity index (χ0) is 18.9. The number of hydrogen-bond acceptors (Lipinski definition) is 4. The number of carbonyl (C=O) groups excluding carboxylic acids is 1. The van der Waals surface area contributed by atoms with Gasteiger partial charge >= 0.3 is 0 Å². The van der Waals surface area contributed by atoms with Crippen LogP contribution in [0.5, 0.6) is 0 Å². The summed E-state index contributed by atoms with van der Waals surface area (Å²) in [5, 5.41) is 2.59. The molecule has 134 valence electrons. The van der Waals surface area contributed by atoms with E-state index in [0.717, 1.165) is 6.26 Å². The topological polar surface area (TPSA) is 81.1 Å². The first kappa shape index (κ1) is 17.8. The van der Waals surface area contributed by atoms with E-state index in [1.165, 1.54) is 30.3 Å². The van der Waals surface area contributed by atoms with Gasteiger partial charge in [0.2, 0.25) is 0 Å². The Morgan fingerprint density at radius 3 is 2.38 bits per heavy atom. The molecule has 3 aromatic rings. The average molecular weight is 373 g/mol. The Hall–Kier alpha value is -3.00. The Bertz CT molecular complexity index is 1070. The summed E-state index contributed by atoms with van der Waals surface area (Å²) in [5.41, 5.74) is 0.893. The summed E-state index contributed by atoms with van der Waals surface area (Å²) in [6, 6.07) is 9.88. The zero-order valence-electron chi connectivity index (χ0n) is 14.1. The number of hydrogen-bond donors (Lipinski definition) is 1. The third kappa shape index (κ3) is 3.65. The van der Waals surface area contributed by atoms with Crippen LogP contribution in [0.15, 0.2) is 59.8 Å². The van der Waals surface area contributed by atoms with E-state index in [-0.39, 0.29) is 10.5 Å². The molecule has 0 bridgehead atoms. The van der Waals surface area contributed by atoms with E-state index in [1.807, 2.05) is 0 Å². The smallest absolute Gasteiger partial charge is 0.255 e. The van der Waals surface area contributed by atoms with Crippen LogP contribution in [0.4, 0.5) is 10.1 Å². The normalized spacial score (nSPS) is 11.3. The highest BCUT2D eigenvalue weighted by molar-refractivity contribution is 7.90. The molecule has 0 aliphatic rings. The van der Waals surface area contributed by atoms with Crippen molar-refractivity contribution in [3.8, 4) is 5.69 Å². The van der Waals surface area contributed by atoms with Gasteiger partial charge in [-0.05, 0) is 49.4 Å². The minimum Gasteiger partial charge on any atom is -0.322 e. The lowest BCUT2D eigenvalue weighted by Crippen LogP contribution is -2.12. The monoisotopic (exact) mass is 373 g/mol. The first-order valence-corrected chi connectivity index (χ1v) is 9.56. The number of aryl methyl sites for hydroxylation is 1. The number of imidazole rings is 1. The van der Waals surface area contributed by atoms with E-state index in [2.05, 4.69) is 10.3 Å². The molecule has 0 saturated carbocycles. The minimum absolute atomic E-state index is 0.125. The maximum Gasteiger partial charge on any atom is 0.255 e. The lowest BCUT2D eigenvalue weighted by molar-refractivity contribution is 0.102. The van der Waals surface area contributed by atoms with Gasteiger partial charge in [-0.15, -0.1) is 0 Å². The molecular weight excluding hydrogens is 357 g/mol. The van der Waals surface area contributed by atoms with E-state index < -0.39 is 21.6 Å².